The lowest BCUT2D eigenvalue weighted by atomic mass is 9.64. The van der Waals surface area contributed by atoms with Crippen molar-refractivity contribution in [3.63, 3.8) is 0 Å². The second-order valence-electron chi connectivity index (χ2n) is 17.3. The van der Waals surface area contributed by atoms with Crippen molar-refractivity contribution >= 4 is 11.8 Å². The molecule has 12 nitrogen and oxygen atoms in total. The highest BCUT2D eigenvalue weighted by Crippen LogP contribution is 2.57. The van der Waals surface area contributed by atoms with Gasteiger partial charge in [-0.05, 0) is 122 Å². The maximum Gasteiger partial charge on any atom is 0.306 e. The number of fused-ring (bicyclic) bond motifs is 5. The summed E-state index contributed by atoms with van der Waals surface area (Å²) in [5.74, 6) is 0.274. The Morgan fingerprint density at radius 1 is 0.833 bits per heavy atom. The molecule has 0 radical (unpaired) electrons. The normalized spacial score (nSPS) is 46.2. The van der Waals surface area contributed by atoms with E-state index in [0.29, 0.717) is 18.4 Å². The van der Waals surface area contributed by atoms with Gasteiger partial charge in [0.05, 0.1) is 30.8 Å². The molecular formula is C42H70N2O10. The number of ether oxygens (including phenoxy) is 8. The average Bonchev–Trinajstić information content (AvgIpc) is 3.73. The molecule has 0 amide bonds. The lowest BCUT2D eigenvalue weighted by molar-refractivity contribution is -0.314. The minimum Gasteiger partial charge on any atom is -0.462 e. The zero-order chi connectivity index (χ0) is 38.8. The fraction of sp³-hybridized carbons (Fsp3) is 0.905. The Balaban J connectivity index is 1.24. The number of allylic oxidation sites excluding steroid dienone is 2. The fourth-order valence-electron chi connectivity index (χ4n) is 11.3. The Labute approximate surface area is 324 Å². The van der Waals surface area contributed by atoms with Crippen LogP contribution in [-0.4, -0.2) is 133 Å². The number of hydrogen-bond acceptors (Lipinski definition) is 12. The molecule has 6 rings (SSSR count). The highest BCUT2D eigenvalue weighted by molar-refractivity contribution is 5.99. The number of nitrogens with zero attached hydrogens (tertiary/aromatic N) is 1. The van der Waals surface area contributed by atoms with Crippen LogP contribution in [0.15, 0.2) is 11.6 Å². The van der Waals surface area contributed by atoms with Gasteiger partial charge in [-0.25, -0.2) is 0 Å². The standard InChI is InChI=1S/C42H70N2O10/c1-11-25-13-12-14-35(54-37-16-15-34(44(6)7)23(3)50-37)22(2)38(46)32-19-28-27-17-26(53-42-41(49-10)40(48-9)39(47-8)24(4)51-42)18-31(27)33(43-5)20-29(28)30(32)21-36(45)52-25/h19,22-31,33-35,37,39-43H,11-18,20-21H2,1-10H3/t22-,23?,24?,25+,26+,27+,28+,29-,30+,31-,33?,34+,35+,37+,39+,40?,41+,42+/m1/s1. The van der Waals surface area contributed by atoms with Crippen LogP contribution in [0.4, 0.5) is 0 Å². The van der Waals surface area contributed by atoms with Gasteiger partial charge in [0.2, 0.25) is 0 Å². The molecule has 18 atom stereocenters. The maximum atomic E-state index is 14.8. The maximum absolute atomic E-state index is 14.8. The first-order valence-corrected chi connectivity index (χ1v) is 20.9. The number of ketones is 1. The van der Waals surface area contributed by atoms with E-state index in [0.717, 1.165) is 56.9 Å². The van der Waals surface area contributed by atoms with Crippen LogP contribution in [-0.2, 0) is 47.5 Å². The summed E-state index contributed by atoms with van der Waals surface area (Å²) in [6.07, 6.45) is 7.19. The van der Waals surface area contributed by atoms with E-state index in [2.05, 4.69) is 44.2 Å². The molecule has 3 heterocycles. The van der Waals surface area contributed by atoms with Gasteiger partial charge in [0.15, 0.2) is 18.4 Å². The molecule has 0 aromatic rings. The van der Waals surface area contributed by atoms with E-state index >= 15 is 0 Å². The zero-order valence-corrected chi connectivity index (χ0v) is 34.6. The van der Waals surface area contributed by atoms with Crippen molar-refractivity contribution in [3.8, 4) is 0 Å². The number of Topliss-reactive ketones (excluding diaryl/α,β-unsaturated/α-hetero) is 1. The fourth-order valence-corrected chi connectivity index (χ4v) is 11.3. The largest absolute Gasteiger partial charge is 0.462 e. The van der Waals surface area contributed by atoms with Crippen LogP contribution in [0.25, 0.3) is 0 Å². The predicted octanol–water partition coefficient (Wildman–Crippen LogP) is 4.91. The number of rotatable bonds is 10. The van der Waals surface area contributed by atoms with Crippen molar-refractivity contribution in [2.75, 3.05) is 42.5 Å². The van der Waals surface area contributed by atoms with E-state index in [1.807, 2.05) is 20.9 Å². The van der Waals surface area contributed by atoms with Crippen molar-refractivity contribution in [3.05, 3.63) is 11.6 Å². The molecule has 0 aromatic heterocycles. The molecule has 308 valence electrons. The lowest BCUT2D eigenvalue weighted by Gasteiger charge is -2.44. The molecule has 5 fully saturated rings. The Kier molecular flexibility index (Phi) is 14.4. The second-order valence-corrected chi connectivity index (χ2v) is 17.3. The van der Waals surface area contributed by atoms with Gasteiger partial charge >= 0.3 is 5.97 Å². The van der Waals surface area contributed by atoms with Crippen LogP contribution in [0, 0.1) is 35.5 Å². The third kappa shape index (κ3) is 8.67. The molecule has 6 aliphatic rings. The minimum atomic E-state index is -0.599. The summed E-state index contributed by atoms with van der Waals surface area (Å²) < 4.78 is 49.9. The van der Waals surface area contributed by atoms with Crippen LogP contribution >= 0.6 is 0 Å². The SMILES string of the molecule is CC[C@H]1CCC[C@H](O[C@H]2CC[C@H](N(C)C)C(C)O2)[C@@H](C)C(=O)C2=C[C@@H]3[C@@H](CC(NC)[C@@H]4C[C@@H](O[C@@H]5OC(C)[C@H](OC)C(OC)[C@@H]5OC)C[C@@H]34)[C@@H]2CC(=O)O1. The van der Waals surface area contributed by atoms with Crippen molar-refractivity contribution in [1.29, 1.82) is 0 Å². The van der Waals surface area contributed by atoms with Crippen LogP contribution in [0.5, 0.6) is 0 Å². The number of likely N-dealkylation sites (N-methyl/N-ethyl adjacent to an activating group) is 1. The number of cyclic esters (lactones) is 1. The van der Waals surface area contributed by atoms with Crippen molar-refractivity contribution in [2.45, 2.75) is 165 Å². The molecular weight excluding hydrogens is 692 g/mol. The summed E-state index contributed by atoms with van der Waals surface area (Å²) >= 11 is 0. The van der Waals surface area contributed by atoms with Gasteiger partial charge in [-0.15, -0.1) is 0 Å². The molecule has 0 bridgehead atoms. The predicted molar refractivity (Wildman–Crippen MR) is 203 cm³/mol. The lowest BCUT2D eigenvalue weighted by Crippen LogP contribution is -2.59. The molecule has 3 aliphatic carbocycles. The monoisotopic (exact) mass is 763 g/mol. The van der Waals surface area contributed by atoms with Gasteiger partial charge < -0.3 is 48.1 Å². The first kappa shape index (κ1) is 42.1. The second kappa shape index (κ2) is 18.4. The summed E-state index contributed by atoms with van der Waals surface area (Å²) in [5, 5.41) is 3.64. The molecule has 2 saturated carbocycles. The summed E-state index contributed by atoms with van der Waals surface area (Å²) in [6.45, 7) is 8.20. The molecule has 0 spiro atoms. The molecule has 54 heavy (non-hydrogen) atoms. The zero-order valence-electron chi connectivity index (χ0n) is 34.6. The number of hydrogen-bond donors (Lipinski definition) is 1. The van der Waals surface area contributed by atoms with Crippen molar-refractivity contribution in [1.82, 2.24) is 10.2 Å². The first-order valence-electron chi connectivity index (χ1n) is 20.9. The van der Waals surface area contributed by atoms with Gasteiger partial charge in [0.1, 0.15) is 24.4 Å². The van der Waals surface area contributed by atoms with E-state index in [1.54, 1.807) is 21.3 Å². The van der Waals surface area contributed by atoms with E-state index in [4.69, 9.17) is 37.9 Å². The number of carbonyl (C=O) groups excluding carboxylic acids is 2. The Hall–Kier alpha value is -1.48. The highest BCUT2D eigenvalue weighted by atomic mass is 16.7. The Morgan fingerprint density at radius 3 is 2.20 bits per heavy atom. The molecule has 3 saturated heterocycles. The van der Waals surface area contributed by atoms with Gasteiger partial charge in [-0.3, -0.25) is 9.59 Å². The summed E-state index contributed by atoms with van der Waals surface area (Å²) in [6, 6.07) is 0.566. The van der Waals surface area contributed by atoms with Crippen molar-refractivity contribution in [2.24, 2.45) is 35.5 Å². The number of esters is 1. The summed E-state index contributed by atoms with van der Waals surface area (Å²) in [4.78, 5) is 30.7. The molecule has 4 unspecified atom stereocenters. The minimum absolute atomic E-state index is 0.0364. The molecule has 1 N–H and O–H groups in total. The number of methoxy groups -OCH3 is 3. The third-order valence-corrected chi connectivity index (χ3v) is 14.2. The smallest absolute Gasteiger partial charge is 0.306 e. The molecule has 0 aromatic carbocycles. The van der Waals surface area contributed by atoms with Crippen LogP contribution < -0.4 is 5.32 Å². The van der Waals surface area contributed by atoms with Crippen LogP contribution in [0.2, 0.25) is 0 Å². The highest BCUT2D eigenvalue weighted by Gasteiger charge is 2.56. The third-order valence-electron chi connectivity index (χ3n) is 14.2. The van der Waals surface area contributed by atoms with Gasteiger partial charge in [-0.1, -0.05) is 19.9 Å². The molecule has 3 aliphatic heterocycles. The van der Waals surface area contributed by atoms with E-state index in [9.17, 15) is 9.59 Å². The van der Waals surface area contributed by atoms with Gasteiger partial charge in [-0.2, -0.15) is 0 Å². The quantitative estimate of drug-likeness (QED) is 0.305. The Morgan fingerprint density at radius 2 is 1.56 bits per heavy atom. The van der Waals surface area contributed by atoms with Gasteiger partial charge in [0.25, 0.3) is 0 Å². The van der Waals surface area contributed by atoms with E-state index in [1.165, 1.54) is 0 Å². The average molecular weight is 763 g/mol. The topological polar surface area (TPSA) is 123 Å². The summed E-state index contributed by atoms with van der Waals surface area (Å²) in [7, 11) is 11.2. The van der Waals surface area contributed by atoms with E-state index < -0.39 is 12.4 Å². The van der Waals surface area contributed by atoms with Crippen molar-refractivity contribution < 1.29 is 47.5 Å². The molecule has 12 heteroatoms. The van der Waals surface area contributed by atoms with Gasteiger partial charge in [0, 0.05) is 45.2 Å². The van der Waals surface area contributed by atoms with Crippen LogP contribution in [0.1, 0.15) is 91.9 Å². The Bertz CT molecular complexity index is 1300. The number of nitrogens with one attached hydrogen (secondary N) is 1. The summed E-state index contributed by atoms with van der Waals surface area (Å²) in [5.41, 5.74) is 0.791. The van der Waals surface area contributed by atoms with E-state index in [-0.39, 0.29) is 103 Å². The van der Waals surface area contributed by atoms with Crippen LogP contribution in [0.3, 0.4) is 0 Å². The first-order chi connectivity index (χ1) is 25.9. The number of carbonyl (C=O) groups is 2.